The molecule has 3 aromatic rings. The molecule has 4 rings (SSSR count). The lowest BCUT2D eigenvalue weighted by Gasteiger charge is -2.36. The number of carbonyl (C=O) groups excluding carboxylic acids is 1. The molecule has 0 bridgehead atoms. The zero-order valence-electron chi connectivity index (χ0n) is 17.2. The fraction of sp³-hybridized carbons (Fsp3) is 0.217. The molecule has 0 aliphatic carbocycles. The number of benzene rings is 1. The van der Waals surface area contributed by atoms with Crippen LogP contribution in [0.25, 0.3) is 0 Å². The first kappa shape index (κ1) is 20.2. The summed E-state index contributed by atoms with van der Waals surface area (Å²) in [5, 5.41) is 11.7. The van der Waals surface area contributed by atoms with Crippen molar-refractivity contribution in [1.82, 2.24) is 9.97 Å². The summed E-state index contributed by atoms with van der Waals surface area (Å²) >= 11 is 0. The second-order valence-corrected chi connectivity index (χ2v) is 7.08. The Morgan fingerprint density at radius 3 is 2.29 bits per heavy atom. The number of piperazine rings is 1. The fourth-order valence-corrected chi connectivity index (χ4v) is 3.41. The number of nitrogens with zero attached hydrogens (tertiary/aromatic N) is 5. The number of aromatic nitrogens is 2. The number of ether oxygens (including phenoxy) is 1. The van der Waals surface area contributed by atoms with Crippen molar-refractivity contribution in [2.24, 2.45) is 0 Å². The van der Waals surface area contributed by atoms with Gasteiger partial charge >= 0.3 is 0 Å². The lowest BCUT2D eigenvalue weighted by molar-refractivity contribution is 0.102. The highest BCUT2D eigenvalue weighted by Gasteiger charge is 2.19. The van der Waals surface area contributed by atoms with E-state index in [1.54, 1.807) is 49.8 Å². The molecule has 8 nitrogen and oxygen atoms in total. The number of anilines is 3. The van der Waals surface area contributed by atoms with Crippen LogP contribution >= 0.6 is 0 Å². The fourth-order valence-electron chi connectivity index (χ4n) is 3.41. The smallest absolute Gasteiger partial charge is 0.256 e. The number of rotatable bonds is 5. The van der Waals surface area contributed by atoms with Gasteiger partial charge in [-0.15, -0.1) is 0 Å². The van der Waals surface area contributed by atoms with Crippen LogP contribution in [0, 0.1) is 11.3 Å². The van der Waals surface area contributed by atoms with Crippen LogP contribution in [0.1, 0.15) is 15.9 Å². The second-order valence-electron chi connectivity index (χ2n) is 7.08. The number of hydrogen-bond acceptors (Lipinski definition) is 7. The van der Waals surface area contributed by atoms with E-state index in [1.165, 1.54) is 0 Å². The van der Waals surface area contributed by atoms with Gasteiger partial charge in [0.05, 0.1) is 24.6 Å². The summed E-state index contributed by atoms with van der Waals surface area (Å²) < 4.78 is 5.11. The Labute approximate surface area is 180 Å². The van der Waals surface area contributed by atoms with Crippen LogP contribution in [0.15, 0.2) is 60.9 Å². The second kappa shape index (κ2) is 9.13. The summed E-state index contributed by atoms with van der Waals surface area (Å²) in [4.78, 5) is 25.6. The molecule has 0 unspecified atom stereocenters. The van der Waals surface area contributed by atoms with E-state index >= 15 is 0 Å². The molecule has 31 heavy (non-hydrogen) atoms. The molecule has 1 aliphatic rings. The highest BCUT2D eigenvalue weighted by atomic mass is 16.5. The lowest BCUT2D eigenvalue weighted by Crippen LogP contribution is -2.46. The molecule has 1 fully saturated rings. The summed E-state index contributed by atoms with van der Waals surface area (Å²) in [7, 11) is 1.59. The van der Waals surface area contributed by atoms with Crippen LogP contribution in [0.5, 0.6) is 5.75 Å². The molecule has 1 N–H and O–H groups in total. The predicted octanol–water partition coefficient (Wildman–Crippen LogP) is 2.94. The van der Waals surface area contributed by atoms with Gasteiger partial charge in [-0.1, -0.05) is 0 Å². The zero-order valence-corrected chi connectivity index (χ0v) is 17.2. The van der Waals surface area contributed by atoms with E-state index in [9.17, 15) is 4.79 Å². The van der Waals surface area contributed by atoms with Crippen LogP contribution in [-0.4, -0.2) is 49.2 Å². The average Bonchev–Trinajstić information content (AvgIpc) is 2.85. The summed E-state index contributed by atoms with van der Waals surface area (Å²) in [6, 6.07) is 16.5. The first-order valence-corrected chi connectivity index (χ1v) is 9.94. The van der Waals surface area contributed by atoms with Gasteiger partial charge in [0.15, 0.2) is 0 Å². The monoisotopic (exact) mass is 414 g/mol. The Balaban J connectivity index is 1.33. The lowest BCUT2D eigenvalue weighted by atomic mass is 10.2. The highest BCUT2D eigenvalue weighted by molar-refractivity contribution is 6.03. The van der Waals surface area contributed by atoms with Crippen molar-refractivity contribution in [3.05, 3.63) is 72.1 Å². The van der Waals surface area contributed by atoms with E-state index in [4.69, 9.17) is 10.00 Å². The van der Waals surface area contributed by atoms with Crippen molar-refractivity contribution in [2.75, 3.05) is 48.4 Å². The van der Waals surface area contributed by atoms with Crippen molar-refractivity contribution >= 4 is 23.2 Å². The van der Waals surface area contributed by atoms with Gasteiger partial charge in [-0.3, -0.25) is 4.79 Å². The van der Waals surface area contributed by atoms with Crippen LogP contribution in [0.3, 0.4) is 0 Å². The van der Waals surface area contributed by atoms with Crippen molar-refractivity contribution < 1.29 is 9.53 Å². The van der Waals surface area contributed by atoms with Gasteiger partial charge in [-0.25, -0.2) is 9.97 Å². The van der Waals surface area contributed by atoms with E-state index in [0.29, 0.717) is 22.7 Å². The number of pyridine rings is 2. The van der Waals surface area contributed by atoms with Crippen LogP contribution in [-0.2, 0) is 0 Å². The quantitative estimate of drug-likeness (QED) is 0.686. The average molecular weight is 414 g/mol. The van der Waals surface area contributed by atoms with Crippen molar-refractivity contribution in [2.45, 2.75) is 0 Å². The minimum Gasteiger partial charge on any atom is -0.497 e. The maximum absolute atomic E-state index is 12.4. The summed E-state index contributed by atoms with van der Waals surface area (Å²) in [6.07, 6.45) is 3.38. The molecule has 2 aromatic heterocycles. The number of carbonyl (C=O) groups is 1. The third kappa shape index (κ3) is 4.73. The van der Waals surface area contributed by atoms with Gasteiger partial charge in [0, 0.05) is 37.9 Å². The summed E-state index contributed by atoms with van der Waals surface area (Å²) in [6.45, 7) is 3.32. The molecule has 1 amide bonds. The molecule has 0 spiro atoms. The molecule has 1 aromatic carbocycles. The number of hydrogen-bond donors (Lipinski definition) is 1. The van der Waals surface area contributed by atoms with Gasteiger partial charge in [0.25, 0.3) is 5.91 Å². The molecule has 0 saturated carbocycles. The van der Waals surface area contributed by atoms with Crippen molar-refractivity contribution in [1.29, 1.82) is 5.26 Å². The molecule has 1 saturated heterocycles. The molecular formula is C23H22N6O2. The Bertz CT molecular complexity index is 1070. The van der Waals surface area contributed by atoms with Gasteiger partial charge in [0.1, 0.15) is 23.5 Å². The molecule has 8 heteroatoms. The normalized spacial score (nSPS) is 13.4. The van der Waals surface area contributed by atoms with Crippen LogP contribution in [0.4, 0.5) is 17.3 Å². The maximum atomic E-state index is 12.4. The van der Waals surface area contributed by atoms with E-state index < -0.39 is 0 Å². The van der Waals surface area contributed by atoms with Crippen molar-refractivity contribution in [3.63, 3.8) is 0 Å². The highest BCUT2D eigenvalue weighted by Crippen LogP contribution is 2.20. The largest absolute Gasteiger partial charge is 0.497 e. The van der Waals surface area contributed by atoms with E-state index in [0.717, 1.165) is 37.7 Å². The van der Waals surface area contributed by atoms with Gasteiger partial charge in [-0.05, 0) is 48.5 Å². The predicted molar refractivity (Wildman–Crippen MR) is 119 cm³/mol. The van der Waals surface area contributed by atoms with Gasteiger partial charge in [0.2, 0.25) is 0 Å². The van der Waals surface area contributed by atoms with Crippen LogP contribution < -0.4 is 19.9 Å². The van der Waals surface area contributed by atoms with E-state index in [1.807, 2.05) is 18.2 Å². The van der Waals surface area contributed by atoms with Gasteiger partial charge < -0.3 is 19.9 Å². The Kier molecular flexibility index (Phi) is 5.94. The molecule has 1 aliphatic heterocycles. The third-order valence-electron chi connectivity index (χ3n) is 5.19. The third-order valence-corrected chi connectivity index (χ3v) is 5.19. The first-order valence-electron chi connectivity index (χ1n) is 9.94. The van der Waals surface area contributed by atoms with Gasteiger partial charge in [-0.2, -0.15) is 5.26 Å². The van der Waals surface area contributed by atoms with Crippen molar-refractivity contribution in [3.8, 4) is 11.8 Å². The minimum absolute atomic E-state index is 0.216. The Hall–Kier alpha value is -4.12. The summed E-state index contributed by atoms with van der Waals surface area (Å²) in [5.74, 6) is 1.87. The molecule has 0 atom stereocenters. The topological polar surface area (TPSA) is 94.4 Å². The van der Waals surface area contributed by atoms with Crippen LogP contribution in [0.2, 0.25) is 0 Å². The van der Waals surface area contributed by atoms with E-state index in [2.05, 4.69) is 31.2 Å². The number of nitriles is 1. The zero-order chi connectivity index (χ0) is 21.6. The SMILES string of the molecule is COc1ccc(C(=O)Nc2ccc(N3CCN(c4ccc(C#N)cn4)CC3)cn2)cc1. The molecule has 3 heterocycles. The maximum Gasteiger partial charge on any atom is 0.256 e. The number of amides is 1. The molecular weight excluding hydrogens is 392 g/mol. The molecule has 156 valence electrons. The molecule has 0 radical (unpaired) electrons. The minimum atomic E-state index is -0.216. The number of methoxy groups -OCH3 is 1. The first-order chi connectivity index (χ1) is 15.2. The standard InChI is InChI=1S/C23H22N6O2/c1-31-20-6-3-18(4-7-20)23(30)27-21-8-5-19(16-25-21)28-10-12-29(13-11-28)22-9-2-17(14-24)15-26-22/h2-9,15-16H,10-13H2,1H3,(H,25,27,30). The Morgan fingerprint density at radius 1 is 0.968 bits per heavy atom. The van der Waals surface area contributed by atoms with E-state index in [-0.39, 0.29) is 5.91 Å². The number of nitrogens with one attached hydrogen (secondary N) is 1. The summed E-state index contributed by atoms with van der Waals surface area (Å²) in [5.41, 5.74) is 2.11. The Morgan fingerprint density at radius 2 is 1.71 bits per heavy atom.